The van der Waals surface area contributed by atoms with Gasteiger partial charge >= 0.3 is 11.9 Å². The van der Waals surface area contributed by atoms with Crippen LogP contribution in [-0.2, 0) is 19.1 Å². The van der Waals surface area contributed by atoms with Gasteiger partial charge in [0.1, 0.15) is 6.04 Å². The fraction of sp³-hybridized carbons (Fsp3) is 0.700. The molecule has 2 N–H and O–H groups in total. The van der Waals surface area contributed by atoms with Gasteiger partial charge in [0.2, 0.25) is 5.91 Å². The second-order valence-corrected chi connectivity index (χ2v) is 3.70. The Kier molecular flexibility index (Phi) is 4.28. The molecule has 90 valence electrons. The molecule has 2 amide bonds. The number of hydrogen-bond acceptors (Lipinski definition) is 4. The van der Waals surface area contributed by atoms with E-state index in [0.717, 1.165) is 12.8 Å². The Morgan fingerprint density at radius 1 is 1.38 bits per heavy atom. The van der Waals surface area contributed by atoms with Crippen molar-refractivity contribution in [3.8, 4) is 0 Å². The van der Waals surface area contributed by atoms with E-state index in [2.05, 4.69) is 15.4 Å². The largest absolute Gasteiger partial charge is 0.459 e. The van der Waals surface area contributed by atoms with Gasteiger partial charge in [0.25, 0.3) is 0 Å². The van der Waals surface area contributed by atoms with Crippen LogP contribution in [0.5, 0.6) is 0 Å². The Labute approximate surface area is 93.7 Å². The first-order valence-electron chi connectivity index (χ1n) is 5.32. The molecule has 0 aromatic carbocycles. The summed E-state index contributed by atoms with van der Waals surface area (Å²) in [5, 5.41) is 5.00. The second kappa shape index (κ2) is 5.48. The molecule has 0 bridgehead atoms. The summed E-state index contributed by atoms with van der Waals surface area (Å²) >= 11 is 0. The molecule has 1 fully saturated rings. The van der Waals surface area contributed by atoms with Gasteiger partial charge in [0, 0.05) is 6.04 Å². The van der Waals surface area contributed by atoms with Crippen molar-refractivity contribution >= 4 is 17.8 Å². The first-order valence-corrected chi connectivity index (χ1v) is 5.32. The molecule has 0 saturated heterocycles. The molecule has 16 heavy (non-hydrogen) atoms. The molecule has 0 aromatic rings. The van der Waals surface area contributed by atoms with Crippen LogP contribution in [0, 0.1) is 0 Å². The highest BCUT2D eigenvalue weighted by Crippen LogP contribution is 2.18. The van der Waals surface area contributed by atoms with E-state index in [0.29, 0.717) is 0 Å². The molecule has 0 aliphatic heterocycles. The molecular formula is C10H16N2O4. The highest BCUT2D eigenvalue weighted by molar-refractivity contribution is 6.32. The van der Waals surface area contributed by atoms with Gasteiger partial charge in [-0.25, -0.2) is 4.79 Å². The van der Waals surface area contributed by atoms with Crippen LogP contribution in [0.1, 0.15) is 26.7 Å². The smallest absolute Gasteiger partial charge is 0.396 e. The maximum Gasteiger partial charge on any atom is 0.396 e. The van der Waals surface area contributed by atoms with Crippen molar-refractivity contribution in [2.24, 2.45) is 0 Å². The lowest BCUT2D eigenvalue weighted by Gasteiger charge is -2.12. The number of nitrogens with one attached hydrogen (secondary N) is 2. The van der Waals surface area contributed by atoms with E-state index >= 15 is 0 Å². The quantitative estimate of drug-likeness (QED) is 0.494. The zero-order valence-corrected chi connectivity index (χ0v) is 9.41. The zero-order valence-electron chi connectivity index (χ0n) is 9.41. The van der Waals surface area contributed by atoms with Crippen LogP contribution >= 0.6 is 0 Å². The van der Waals surface area contributed by atoms with E-state index in [1.807, 2.05) is 0 Å². The molecule has 1 aliphatic rings. The number of esters is 1. The summed E-state index contributed by atoms with van der Waals surface area (Å²) < 4.78 is 4.50. The first-order chi connectivity index (χ1) is 7.54. The summed E-state index contributed by atoms with van der Waals surface area (Å²) in [6.45, 7) is 3.26. The van der Waals surface area contributed by atoms with E-state index < -0.39 is 17.9 Å². The maximum atomic E-state index is 11.4. The normalized spacial score (nSPS) is 16.1. The van der Waals surface area contributed by atoms with Crippen LogP contribution in [0.3, 0.4) is 0 Å². The molecular weight excluding hydrogens is 212 g/mol. The molecule has 1 unspecified atom stereocenters. The predicted molar refractivity (Wildman–Crippen MR) is 55.4 cm³/mol. The van der Waals surface area contributed by atoms with Crippen molar-refractivity contribution in [3.05, 3.63) is 0 Å². The predicted octanol–water partition coefficient (Wildman–Crippen LogP) is -0.667. The molecule has 1 saturated carbocycles. The maximum absolute atomic E-state index is 11.4. The van der Waals surface area contributed by atoms with Crippen LogP contribution in [0.25, 0.3) is 0 Å². The molecule has 0 heterocycles. The Morgan fingerprint density at radius 3 is 2.50 bits per heavy atom. The summed E-state index contributed by atoms with van der Waals surface area (Å²) in [4.78, 5) is 33.6. The third-order valence-corrected chi connectivity index (χ3v) is 2.13. The highest BCUT2D eigenvalue weighted by atomic mass is 16.5. The summed E-state index contributed by atoms with van der Waals surface area (Å²) in [6, 6.07) is -0.494. The molecule has 0 radical (unpaired) electrons. The van der Waals surface area contributed by atoms with Crippen molar-refractivity contribution in [2.75, 3.05) is 6.61 Å². The van der Waals surface area contributed by atoms with Crippen LogP contribution < -0.4 is 10.6 Å². The third kappa shape index (κ3) is 3.88. The molecule has 0 aromatic heterocycles. The second-order valence-electron chi connectivity index (χ2n) is 3.70. The van der Waals surface area contributed by atoms with Gasteiger partial charge in [-0.1, -0.05) is 0 Å². The Morgan fingerprint density at radius 2 is 2.00 bits per heavy atom. The van der Waals surface area contributed by atoms with Crippen molar-refractivity contribution in [1.29, 1.82) is 0 Å². The summed E-state index contributed by atoms with van der Waals surface area (Å²) in [5.74, 6) is -2.13. The third-order valence-electron chi connectivity index (χ3n) is 2.13. The molecule has 1 atom stereocenters. The number of ether oxygens (including phenoxy) is 1. The molecule has 1 rings (SSSR count). The molecule has 1 aliphatic carbocycles. The molecule has 6 nitrogen and oxygen atoms in total. The minimum atomic E-state index is -0.964. The average molecular weight is 228 g/mol. The van der Waals surface area contributed by atoms with E-state index in [4.69, 9.17) is 0 Å². The van der Waals surface area contributed by atoms with E-state index in [1.54, 1.807) is 6.92 Å². The fourth-order valence-electron chi connectivity index (χ4n) is 1.07. The van der Waals surface area contributed by atoms with Crippen LogP contribution in [0.4, 0.5) is 0 Å². The average Bonchev–Trinajstić information content (AvgIpc) is 3.01. The van der Waals surface area contributed by atoms with Crippen LogP contribution in [0.2, 0.25) is 0 Å². The summed E-state index contributed by atoms with van der Waals surface area (Å²) in [5.41, 5.74) is 0. The van der Waals surface area contributed by atoms with Crippen molar-refractivity contribution < 1.29 is 19.1 Å². The van der Waals surface area contributed by atoms with E-state index in [-0.39, 0.29) is 18.6 Å². The minimum Gasteiger partial charge on any atom is -0.459 e. The van der Waals surface area contributed by atoms with Gasteiger partial charge in [-0.15, -0.1) is 0 Å². The van der Waals surface area contributed by atoms with Gasteiger partial charge < -0.3 is 15.4 Å². The van der Waals surface area contributed by atoms with Crippen molar-refractivity contribution in [3.63, 3.8) is 0 Å². The fourth-order valence-corrected chi connectivity index (χ4v) is 1.07. The lowest BCUT2D eigenvalue weighted by molar-refractivity contribution is -0.155. The van der Waals surface area contributed by atoms with Gasteiger partial charge in [-0.05, 0) is 26.7 Å². The van der Waals surface area contributed by atoms with Crippen molar-refractivity contribution in [1.82, 2.24) is 10.6 Å². The standard InChI is InChI=1S/C10H16N2O4/c1-3-16-10(15)9(14)11-6(2)8(13)12-7-4-5-7/h6-7H,3-5H2,1-2H3,(H,11,14)(H,12,13). The van der Waals surface area contributed by atoms with Crippen LogP contribution in [-0.4, -0.2) is 36.5 Å². The Bertz CT molecular complexity index is 299. The van der Waals surface area contributed by atoms with Gasteiger partial charge in [-0.3, -0.25) is 9.59 Å². The summed E-state index contributed by atoms with van der Waals surface area (Å²) in [7, 11) is 0. The minimum absolute atomic E-state index is 0.134. The lowest BCUT2D eigenvalue weighted by Crippen LogP contribution is -2.47. The monoisotopic (exact) mass is 228 g/mol. The van der Waals surface area contributed by atoms with E-state index in [9.17, 15) is 14.4 Å². The zero-order chi connectivity index (χ0) is 12.1. The highest BCUT2D eigenvalue weighted by Gasteiger charge is 2.27. The van der Waals surface area contributed by atoms with Crippen molar-refractivity contribution in [2.45, 2.75) is 38.8 Å². The number of carbonyl (C=O) groups excluding carboxylic acids is 3. The Hall–Kier alpha value is -1.59. The number of rotatable bonds is 4. The SMILES string of the molecule is CCOC(=O)C(=O)NC(C)C(=O)NC1CC1. The molecule has 0 spiro atoms. The first kappa shape index (κ1) is 12.5. The number of amides is 2. The van der Waals surface area contributed by atoms with Crippen LogP contribution in [0.15, 0.2) is 0 Å². The topological polar surface area (TPSA) is 84.5 Å². The van der Waals surface area contributed by atoms with Gasteiger partial charge in [-0.2, -0.15) is 0 Å². The summed E-state index contributed by atoms with van der Waals surface area (Å²) in [6.07, 6.45) is 1.95. The van der Waals surface area contributed by atoms with Gasteiger partial charge in [0.15, 0.2) is 0 Å². The number of carbonyl (C=O) groups is 3. The number of hydrogen-bond donors (Lipinski definition) is 2. The lowest BCUT2D eigenvalue weighted by atomic mass is 10.3. The van der Waals surface area contributed by atoms with E-state index in [1.165, 1.54) is 6.92 Å². The molecule has 6 heteroatoms. The Balaban J connectivity index is 2.31. The van der Waals surface area contributed by atoms with Gasteiger partial charge in [0.05, 0.1) is 6.61 Å².